The number of likely N-dealkylation sites (tertiary alicyclic amines) is 2. The molecule has 1 spiro atoms. The number of hydrogen-bond acceptors (Lipinski definition) is 7. The number of benzene rings is 2. The third-order valence-electron chi connectivity index (χ3n) is 10.5. The van der Waals surface area contributed by atoms with E-state index in [0.29, 0.717) is 44.3 Å². The fraction of sp³-hybridized carbons (Fsp3) is 0.514. The van der Waals surface area contributed by atoms with Crippen LogP contribution in [0.15, 0.2) is 41.8 Å². The molecular weight excluding hydrogens is 629 g/mol. The molecule has 2 aliphatic carbocycles. The second-order valence-electron chi connectivity index (χ2n) is 13.5. The number of rotatable bonds is 10. The molecule has 1 amide bonds. The van der Waals surface area contributed by atoms with Crippen LogP contribution in [0.5, 0.6) is 0 Å². The van der Waals surface area contributed by atoms with E-state index in [0.717, 1.165) is 55.3 Å². The highest BCUT2D eigenvalue weighted by molar-refractivity contribution is 7.17. The normalized spacial score (nSPS) is 24.3. The van der Waals surface area contributed by atoms with Crippen LogP contribution in [0, 0.1) is 17.2 Å². The van der Waals surface area contributed by atoms with E-state index in [-0.39, 0.29) is 45.9 Å². The lowest BCUT2D eigenvalue weighted by molar-refractivity contribution is -0.252. The van der Waals surface area contributed by atoms with E-state index in [1.165, 1.54) is 23.5 Å². The van der Waals surface area contributed by atoms with Crippen molar-refractivity contribution in [3.05, 3.63) is 63.7 Å². The van der Waals surface area contributed by atoms with E-state index in [9.17, 15) is 19.5 Å². The zero-order valence-electron chi connectivity index (χ0n) is 25.7. The predicted octanol–water partition coefficient (Wildman–Crippen LogP) is 6.95. The number of fused-ring (bicyclic) bond motifs is 1. The highest BCUT2D eigenvalue weighted by Gasteiger charge is 2.59. The molecular formula is C35H39ClFN3O5S. The number of nitrogens with one attached hydrogen (secondary N) is 1. The number of thiophene rings is 1. The minimum absolute atomic E-state index is 0.142. The van der Waals surface area contributed by atoms with Gasteiger partial charge in [-0.25, -0.2) is 4.39 Å². The summed E-state index contributed by atoms with van der Waals surface area (Å²) in [4.78, 5) is 43.8. The minimum atomic E-state index is -1.35. The Balaban J connectivity index is 1.15. The number of carboxylic acids is 1. The molecule has 2 saturated carbocycles. The van der Waals surface area contributed by atoms with Crippen LogP contribution < -0.4 is 5.32 Å². The van der Waals surface area contributed by atoms with Gasteiger partial charge >= 0.3 is 5.97 Å². The summed E-state index contributed by atoms with van der Waals surface area (Å²) in [6.07, 6.45) is 6.80. The summed E-state index contributed by atoms with van der Waals surface area (Å²) < 4.78 is 23.7. The van der Waals surface area contributed by atoms with E-state index in [4.69, 9.17) is 16.3 Å². The van der Waals surface area contributed by atoms with Gasteiger partial charge in [-0.15, -0.1) is 11.3 Å². The third kappa shape index (κ3) is 5.99. The first-order valence-corrected chi connectivity index (χ1v) is 17.6. The van der Waals surface area contributed by atoms with Crippen molar-refractivity contribution in [1.82, 2.24) is 9.80 Å². The number of aliphatic carboxylic acids is 1. The molecule has 46 heavy (non-hydrogen) atoms. The second-order valence-corrected chi connectivity index (χ2v) is 14.8. The Morgan fingerprint density at radius 3 is 2.48 bits per heavy atom. The Morgan fingerprint density at radius 1 is 1.04 bits per heavy atom. The molecule has 2 N–H and O–H groups in total. The predicted molar refractivity (Wildman–Crippen MR) is 176 cm³/mol. The Bertz CT molecular complexity index is 1660. The van der Waals surface area contributed by atoms with Gasteiger partial charge in [0, 0.05) is 48.1 Å². The Labute approximate surface area is 276 Å². The van der Waals surface area contributed by atoms with Crippen molar-refractivity contribution in [3.63, 3.8) is 0 Å². The molecule has 2 aromatic carbocycles. The van der Waals surface area contributed by atoms with Gasteiger partial charge < -0.3 is 15.2 Å². The van der Waals surface area contributed by atoms with Crippen LogP contribution >= 0.6 is 22.9 Å². The van der Waals surface area contributed by atoms with Crippen LogP contribution in [0.25, 0.3) is 10.1 Å². The average Bonchev–Trinajstić information content (AvgIpc) is 3.42. The summed E-state index contributed by atoms with van der Waals surface area (Å²) in [5.74, 6) is -3.78. The molecule has 3 heterocycles. The summed E-state index contributed by atoms with van der Waals surface area (Å²) in [6, 6.07) is 10.2. The van der Waals surface area contributed by atoms with Crippen molar-refractivity contribution < 1.29 is 28.6 Å². The van der Waals surface area contributed by atoms with E-state index >= 15 is 4.39 Å². The number of nitrogens with zero attached hydrogens (tertiary/aromatic N) is 2. The van der Waals surface area contributed by atoms with Crippen LogP contribution in [0.3, 0.4) is 0 Å². The van der Waals surface area contributed by atoms with Gasteiger partial charge in [-0.2, -0.15) is 0 Å². The van der Waals surface area contributed by atoms with Crippen LogP contribution in [-0.2, 0) is 20.7 Å². The van der Waals surface area contributed by atoms with Crippen molar-refractivity contribution in [2.75, 3.05) is 31.5 Å². The van der Waals surface area contributed by atoms with Gasteiger partial charge in [-0.3, -0.25) is 24.2 Å². The van der Waals surface area contributed by atoms with E-state index < -0.39 is 23.6 Å². The topological polar surface area (TPSA) is 99.2 Å². The number of ketones is 1. The maximum absolute atomic E-state index is 15.8. The van der Waals surface area contributed by atoms with Crippen LogP contribution in [0.2, 0.25) is 5.02 Å². The number of hydrogen-bond donors (Lipinski definition) is 2. The smallest absolute Gasteiger partial charge is 0.306 e. The monoisotopic (exact) mass is 667 g/mol. The van der Waals surface area contributed by atoms with Gasteiger partial charge in [0.25, 0.3) is 5.91 Å². The van der Waals surface area contributed by atoms with Crippen molar-refractivity contribution in [2.24, 2.45) is 11.3 Å². The number of anilines is 1. The lowest BCUT2D eigenvalue weighted by Gasteiger charge is -2.48. The largest absolute Gasteiger partial charge is 0.481 e. The molecule has 0 radical (unpaired) electrons. The number of amides is 1. The summed E-state index contributed by atoms with van der Waals surface area (Å²) in [5.41, 5.74) is 0.997. The number of ether oxygens (including phenoxy) is 1. The fourth-order valence-electron chi connectivity index (χ4n) is 7.68. The molecule has 0 bridgehead atoms. The van der Waals surface area contributed by atoms with E-state index in [1.54, 1.807) is 5.38 Å². The summed E-state index contributed by atoms with van der Waals surface area (Å²) >= 11 is 8.09. The summed E-state index contributed by atoms with van der Waals surface area (Å²) in [6.45, 7) is 2.87. The van der Waals surface area contributed by atoms with Gasteiger partial charge in [0.15, 0.2) is 5.78 Å². The maximum Gasteiger partial charge on any atom is 0.306 e. The first kappa shape index (κ1) is 31.7. The first-order valence-electron chi connectivity index (χ1n) is 16.4. The molecule has 1 atom stereocenters. The quantitative estimate of drug-likeness (QED) is 0.241. The molecule has 4 fully saturated rings. The van der Waals surface area contributed by atoms with Crippen molar-refractivity contribution >= 4 is 56.4 Å². The molecule has 11 heteroatoms. The molecule has 3 aromatic rings. The van der Waals surface area contributed by atoms with Gasteiger partial charge in [0.1, 0.15) is 5.82 Å². The second kappa shape index (κ2) is 12.6. The minimum Gasteiger partial charge on any atom is -0.481 e. The zero-order valence-corrected chi connectivity index (χ0v) is 27.3. The number of halogens is 2. The summed E-state index contributed by atoms with van der Waals surface area (Å²) in [5, 5.41) is 15.0. The van der Waals surface area contributed by atoms with Crippen molar-refractivity contribution in [1.29, 1.82) is 0 Å². The first-order chi connectivity index (χ1) is 22.2. The molecule has 1 aromatic heterocycles. The van der Waals surface area contributed by atoms with Gasteiger partial charge in [-0.05, 0) is 87.0 Å². The zero-order chi connectivity index (χ0) is 32.1. The standard InChI is InChI=1S/C35H39ClFN3O5S/c36-27-17-23(28(37)19-29(27)38-32(42)26-20-46-30-6-2-1-5-25(26)30)18-31(41)35(39-14-3-4-15-39,40-16-13-34(21-40)11-12-34)45-24-9-7-22(8-10-24)33(43)44/h1-2,5-6,17,19-20,22,24H,3-4,7-16,18,21H2,(H,38,42)(H,43,44). The average molecular weight is 668 g/mol. The number of carbonyl (C=O) groups is 3. The Hall–Kier alpha value is -2.89. The molecule has 244 valence electrons. The molecule has 7 rings (SSSR count). The maximum atomic E-state index is 15.8. The summed E-state index contributed by atoms with van der Waals surface area (Å²) in [7, 11) is 0. The van der Waals surface area contributed by atoms with Crippen molar-refractivity contribution in [3.8, 4) is 0 Å². The fourth-order valence-corrected chi connectivity index (χ4v) is 8.85. The van der Waals surface area contributed by atoms with Gasteiger partial charge in [-0.1, -0.05) is 29.8 Å². The molecule has 1 unspecified atom stereocenters. The SMILES string of the molecule is O=C(Nc1cc(F)c(CC(=O)C(OC2CCC(C(=O)O)CC2)(N2CCCC2)N2CCC3(CC3)C2)cc1Cl)c1csc2ccccc12. The molecule has 2 aliphatic heterocycles. The number of carbonyl (C=O) groups excluding carboxylic acids is 2. The van der Waals surface area contributed by atoms with Crippen LogP contribution in [0.4, 0.5) is 10.1 Å². The Kier molecular flexibility index (Phi) is 8.69. The van der Waals surface area contributed by atoms with Gasteiger partial charge in [0.2, 0.25) is 5.85 Å². The molecule has 8 nitrogen and oxygen atoms in total. The van der Waals surface area contributed by atoms with Crippen molar-refractivity contribution in [2.45, 2.75) is 76.2 Å². The highest BCUT2D eigenvalue weighted by Crippen LogP contribution is 2.55. The van der Waals surface area contributed by atoms with E-state index in [2.05, 4.69) is 15.1 Å². The number of carboxylic acid groups (broad SMARTS) is 1. The highest BCUT2D eigenvalue weighted by atomic mass is 35.5. The molecule has 4 aliphatic rings. The molecule has 2 saturated heterocycles. The lowest BCUT2D eigenvalue weighted by Crippen LogP contribution is -2.67. The van der Waals surface area contributed by atoms with Crippen LogP contribution in [-0.4, -0.2) is 70.7 Å². The Morgan fingerprint density at radius 2 is 1.78 bits per heavy atom. The third-order valence-corrected chi connectivity index (χ3v) is 11.8. The lowest BCUT2D eigenvalue weighted by atomic mass is 9.87. The number of Topliss-reactive ketones (excluding diaryl/α,β-unsaturated/α-hetero) is 1. The van der Waals surface area contributed by atoms with Crippen LogP contribution in [0.1, 0.15) is 73.7 Å². The van der Waals surface area contributed by atoms with Gasteiger partial charge in [0.05, 0.1) is 28.3 Å². The van der Waals surface area contributed by atoms with E-state index in [1.807, 2.05) is 24.3 Å².